The summed E-state index contributed by atoms with van der Waals surface area (Å²) in [5, 5.41) is 17.0. The average molecular weight is 319 g/mol. The number of rotatable bonds is 4. The number of allylic oxidation sites excluding steroid dienone is 2. The van der Waals surface area contributed by atoms with Crippen molar-refractivity contribution >= 4 is 11.9 Å². The van der Waals surface area contributed by atoms with Gasteiger partial charge in [0, 0.05) is 16.8 Å². The summed E-state index contributed by atoms with van der Waals surface area (Å²) in [5.74, 6) is -1.07. The first-order chi connectivity index (χ1) is 8.33. The van der Waals surface area contributed by atoms with Crippen LogP contribution in [0.25, 0.3) is 0 Å². The zero-order chi connectivity index (χ0) is 14.6. The molecule has 0 aromatic carbocycles. The van der Waals surface area contributed by atoms with Gasteiger partial charge >= 0.3 is 11.9 Å². The molecule has 0 fully saturated rings. The van der Waals surface area contributed by atoms with Crippen molar-refractivity contribution in [3.05, 3.63) is 23.7 Å². The van der Waals surface area contributed by atoms with Crippen LogP contribution in [0.1, 0.15) is 27.7 Å². The van der Waals surface area contributed by atoms with E-state index in [0.29, 0.717) is 13.2 Å². The maximum absolute atomic E-state index is 10.4. The minimum Gasteiger partial charge on any atom is -0.512 e. The first-order valence-corrected chi connectivity index (χ1v) is 5.41. The van der Waals surface area contributed by atoms with Gasteiger partial charge in [0.1, 0.15) is 0 Å². The maximum atomic E-state index is 10.4. The standard InChI is InChI=1S/2C6H10O3.Co/c2*1-3-9-6(8)4-5(2)7;/h2*4,7H,3H2,1-2H3;/b2*5-4-;. The van der Waals surface area contributed by atoms with Crippen molar-refractivity contribution in [3.63, 3.8) is 0 Å². The Morgan fingerprint density at radius 2 is 1.16 bits per heavy atom. The van der Waals surface area contributed by atoms with Gasteiger partial charge in [0.15, 0.2) is 0 Å². The number of hydrogen-bond donors (Lipinski definition) is 2. The number of carbonyl (C=O) groups is 2. The molecule has 0 aromatic rings. The molecule has 0 aliphatic rings. The van der Waals surface area contributed by atoms with Crippen molar-refractivity contribution in [1.82, 2.24) is 0 Å². The summed E-state index contributed by atoms with van der Waals surface area (Å²) in [7, 11) is 0. The van der Waals surface area contributed by atoms with Crippen molar-refractivity contribution in [1.29, 1.82) is 0 Å². The summed E-state index contributed by atoms with van der Waals surface area (Å²) in [6, 6.07) is 0. The zero-order valence-corrected chi connectivity index (χ0v) is 12.5. The Balaban J connectivity index is -0.000000256. The summed E-state index contributed by atoms with van der Waals surface area (Å²) >= 11 is 0. The molecule has 0 spiro atoms. The van der Waals surface area contributed by atoms with Crippen LogP contribution in [0.4, 0.5) is 0 Å². The minimum absolute atomic E-state index is 0. The van der Waals surface area contributed by atoms with E-state index in [9.17, 15) is 9.59 Å². The van der Waals surface area contributed by atoms with Crippen LogP contribution < -0.4 is 0 Å². The summed E-state index contributed by atoms with van der Waals surface area (Å²) in [4.78, 5) is 20.8. The quantitative estimate of drug-likeness (QED) is 0.468. The molecule has 19 heavy (non-hydrogen) atoms. The predicted molar refractivity (Wildman–Crippen MR) is 66.0 cm³/mol. The first kappa shape index (κ1) is 22.7. The number of hydrogen-bond acceptors (Lipinski definition) is 6. The van der Waals surface area contributed by atoms with E-state index in [-0.39, 0.29) is 28.3 Å². The predicted octanol–water partition coefficient (Wildman–Crippen LogP) is 2.02. The van der Waals surface area contributed by atoms with Gasteiger partial charge in [0.25, 0.3) is 0 Å². The number of ether oxygens (including phenoxy) is 2. The molecule has 0 aliphatic carbocycles. The molecule has 0 amide bonds. The molecule has 0 aliphatic heterocycles. The van der Waals surface area contributed by atoms with Gasteiger partial charge in [-0.1, -0.05) is 0 Å². The van der Waals surface area contributed by atoms with E-state index in [0.717, 1.165) is 12.2 Å². The van der Waals surface area contributed by atoms with E-state index in [2.05, 4.69) is 9.47 Å². The summed E-state index contributed by atoms with van der Waals surface area (Å²) < 4.78 is 8.95. The zero-order valence-electron chi connectivity index (χ0n) is 11.4. The number of aliphatic hydroxyl groups excluding tert-OH is 2. The minimum atomic E-state index is -0.502. The number of esters is 2. The molecule has 0 saturated carbocycles. The van der Waals surface area contributed by atoms with Gasteiger partial charge in [-0.05, 0) is 27.7 Å². The molecular formula is C12H20CoO6. The summed E-state index contributed by atoms with van der Waals surface area (Å²) in [6.07, 6.45) is 2.06. The van der Waals surface area contributed by atoms with Crippen molar-refractivity contribution in [2.45, 2.75) is 27.7 Å². The molecule has 6 nitrogen and oxygen atoms in total. The molecule has 7 heteroatoms. The summed E-state index contributed by atoms with van der Waals surface area (Å²) in [5.41, 5.74) is 0. The molecular weight excluding hydrogens is 299 g/mol. The van der Waals surface area contributed by atoms with E-state index in [1.807, 2.05) is 0 Å². The topological polar surface area (TPSA) is 93.1 Å². The Labute approximate surface area is 123 Å². The Morgan fingerprint density at radius 1 is 0.895 bits per heavy atom. The third kappa shape index (κ3) is 22.2. The van der Waals surface area contributed by atoms with Crippen molar-refractivity contribution in [2.75, 3.05) is 13.2 Å². The van der Waals surface area contributed by atoms with Crippen LogP contribution in [0.2, 0.25) is 0 Å². The van der Waals surface area contributed by atoms with Crippen LogP contribution in [0.5, 0.6) is 0 Å². The van der Waals surface area contributed by atoms with Gasteiger partial charge < -0.3 is 19.7 Å². The average Bonchev–Trinajstić information content (AvgIpc) is 2.16. The fourth-order valence-electron chi connectivity index (χ4n) is 0.709. The van der Waals surface area contributed by atoms with Crippen LogP contribution in [0.3, 0.4) is 0 Å². The molecule has 0 saturated heterocycles. The van der Waals surface area contributed by atoms with E-state index < -0.39 is 11.9 Å². The molecule has 113 valence electrons. The van der Waals surface area contributed by atoms with Gasteiger partial charge in [-0.2, -0.15) is 0 Å². The molecule has 0 rings (SSSR count). The fourth-order valence-corrected chi connectivity index (χ4v) is 0.709. The third-order valence-electron chi connectivity index (χ3n) is 1.23. The monoisotopic (exact) mass is 319 g/mol. The van der Waals surface area contributed by atoms with Crippen molar-refractivity contribution < 1.29 is 46.1 Å². The molecule has 0 bridgehead atoms. The number of carbonyl (C=O) groups excluding carboxylic acids is 2. The smallest absolute Gasteiger partial charge is 0.334 e. The van der Waals surface area contributed by atoms with E-state index in [1.165, 1.54) is 13.8 Å². The van der Waals surface area contributed by atoms with Crippen LogP contribution in [0.15, 0.2) is 23.7 Å². The molecule has 0 heterocycles. The second-order valence-corrected chi connectivity index (χ2v) is 3.08. The molecule has 0 unspecified atom stereocenters. The van der Waals surface area contributed by atoms with E-state index in [1.54, 1.807) is 13.8 Å². The van der Waals surface area contributed by atoms with Gasteiger partial charge in [-0.15, -0.1) is 0 Å². The molecule has 1 radical (unpaired) electrons. The van der Waals surface area contributed by atoms with Crippen LogP contribution >= 0.6 is 0 Å². The summed E-state index contributed by atoms with van der Waals surface area (Å²) in [6.45, 7) is 6.91. The largest absolute Gasteiger partial charge is 0.512 e. The maximum Gasteiger partial charge on any atom is 0.334 e. The van der Waals surface area contributed by atoms with E-state index >= 15 is 0 Å². The van der Waals surface area contributed by atoms with Crippen LogP contribution in [0, 0.1) is 0 Å². The van der Waals surface area contributed by atoms with Gasteiger partial charge in [0.05, 0.1) is 36.9 Å². The normalized spacial score (nSPS) is 10.5. The number of aliphatic hydroxyl groups is 2. The van der Waals surface area contributed by atoms with Crippen LogP contribution in [-0.4, -0.2) is 35.4 Å². The third-order valence-corrected chi connectivity index (χ3v) is 1.23. The fraction of sp³-hybridized carbons (Fsp3) is 0.500. The van der Waals surface area contributed by atoms with Crippen molar-refractivity contribution in [2.24, 2.45) is 0 Å². The first-order valence-electron chi connectivity index (χ1n) is 5.41. The van der Waals surface area contributed by atoms with Gasteiger partial charge in [-0.25, -0.2) is 9.59 Å². The van der Waals surface area contributed by atoms with E-state index in [4.69, 9.17) is 10.2 Å². The molecule has 2 N–H and O–H groups in total. The Bertz CT molecular complexity index is 282. The Hall–Kier alpha value is -1.47. The SMILES string of the molecule is CCOC(=O)/C=C(/C)O.CCOC(=O)/C=C(/C)O.[Co]. The van der Waals surface area contributed by atoms with Gasteiger partial charge in [0.2, 0.25) is 0 Å². The molecule has 0 atom stereocenters. The molecule has 0 aromatic heterocycles. The van der Waals surface area contributed by atoms with Gasteiger partial charge in [-0.3, -0.25) is 0 Å². The van der Waals surface area contributed by atoms with Crippen molar-refractivity contribution in [3.8, 4) is 0 Å². The van der Waals surface area contributed by atoms with Crippen LogP contribution in [-0.2, 0) is 35.8 Å². The second kappa shape index (κ2) is 14.6. The second-order valence-electron chi connectivity index (χ2n) is 3.08. The Morgan fingerprint density at radius 3 is 1.32 bits per heavy atom. The Kier molecular flexibility index (Phi) is 17.4.